The standard InChI is InChI=1S/C12H19ClO3/c1-11(5-3-7-14)4-2-6-12(10-13)15-8-9-16-12/h4,7H,2-3,5-6,8-10H2,1H3/b11-4+. The van der Waals surface area contributed by atoms with E-state index in [1.165, 1.54) is 5.57 Å². The lowest BCUT2D eigenvalue weighted by molar-refractivity contribution is -0.142. The maximum Gasteiger partial charge on any atom is 0.182 e. The zero-order valence-electron chi connectivity index (χ0n) is 9.71. The Morgan fingerprint density at radius 2 is 2.06 bits per heavy atom. The van der Waals surface area contributed by atoms with Crippen LogP contribution in [0.15, 0.2) is 11.6 Å². The molecule has 0 aromatic heterocycles. The number of alkyl halides is 1. The van der Waals surface area contributed by atoms with Crippen molar-refractivity contribution < 1.29 is 14.3 Å². The van der Waals surface area contributed by atoms with Gasteiger partial charge in [-0.3, -0.25) is 0 Å². The van der Waals surface area contributed by atoms with Crippen LogP contribution in [0.5, 0.6) is 0 Å². The number of ether oxygens (including phenoxy) is 2. The van der Waals surface area contributed by atoms with Crippen LogP contribution in [0.3, 0.4) is 0 Å². The zero-order valence-corrected chi connectivity index (χ0v) is 10.5. The van der Waals surface area contributed by atoms with Gasteiger partial charge in [0.25, 0.3) is 0 Å². The first-order valence-electron chi connectivity index (χ1n) is 5.65. The molecule has 0 radical (unpaired) electrons. The summed E-state index contributed by atoms with van der Waals surface area (Å²) in [4.78, 5) is 10.2. The van der Waals surface area contributed by atoms with E-state index in [-0.39, 0.29) is 0 Å². The molecule has 0 bridgehead atoms. The fourth-order valence-electron chi connectivity index (χ4n) is 1.71. The van der Waals surface area contributed by atoms with Gasteiger partial charge in [-0.1, -0.05) is 11.6 Å². The number of carbonyl (C=O) groups is 1. The summed E-state index contributed by atoms with van der Waals surface area (Å²) < 4.78 is 11.0. The number of halogens is 1. The lowest BCUT2D eigenvalue weighted by atomic mass is 10.1. The highest BCUT2D eigenvalue weighted by Crippen LogP contribution is 2.26. The van der Waals surface area contributed by atoms with Crippen molar-refractivity contribution in [3.8, 4) is 0 Å². The second kappa shape index (κ2) is 7.05. The number of allylic oxidation sites excluding steroid dienone is 2. The minimum atomic E-state index is -0.580. The van der Waals surface area contributed by atoms with Crippen LogP contribution in [0.2, 0.25) is 0 Å². The average molecular weight is 247 g/mol. The fraction of sp³-hybridized carbons (Fsp3) is 0.750. The molecule has 1 heterocycles. The van der Waals surface area contributed by atoms with Gasteiger partial charge < -0.3 is 14.3 Å². The van der Waals surface area contributed by atoms with E-state index in [4.69, 9.17) is 21.1 Å². The third kappa shape index (κ3) is 4.24. The van der Waals surface area contributed by atoms with Crippen LogP contribution in [-0.2, 0) is 14.3 Å². The van der Waals surface area contributed by atoms with E-state index >= 15 is 0 Å². The number of aldehydes is 1. The van der Waals surface area contributed by atoms with Gasteiger partial charge in [0.1, 0.15) is 6.29 Å². The molecule has 1 fully saturated rings. The SMILES string of the molecule is C/C(=C\CCC1(CCl)OCCO1)CCC=O. The average Bonchev–Trinajstić information content (AvgIpc) is 2.76. The molecule has 0 spiro atoms. The van der Waals surface area contributed by atoms with Gasteiger partial charge in [-0.2, -0.15) is 0 Å². The minimum absolute atomic E-state index is 0.369. The number of carbonyl (C=O) groups excluding carboxylic acids is 1. The van der Waals surface area contributed by atoms with Crippen molar-refractivity contribution in [3.05, 3.63) is 11.6 Å². The Morgan fingerprint density at radius 3 is 2.62 bits per heavy atom. The van der Waals surface area contributed by atoms with Crippen LogP contribution < -0.4 is 0 Å². The highest BCUT2D eigenvalue weighted by molar-refractivity contribution is 6.18. The van der Waals surface area contributed by atoms with Gasteiger partial charge in [0, 0.05) is 12.8 Å². The third-order valence-electron chi connectivity index (χ3n) is 2.69. The summed E-state index contributed by atoms with van der Waals surface area (Å²) >= 11 is 5.85. The van der Waals surface area contributed by atoms with Gasteiger partial charge in [-0.05, 0) is 19.8 Å². The van der Waals surface area contributed by atoms with Crippen LogP contribution in [0.1, 0.15) is 32.6 Å². The van der Waals surface area contributed by atoms with E-state index in [0.29, 0.717) is 25.5 Å². The molecular formula is C12H19ClO3. The molecule has 0 amide bonds. The van der Waals surface area contributed by atoms with Crippen LogP contribution in [0.4, 0.5) is 0 Å². The molecule has 0 aromatic rings. The molecule has 0 unspecified atom stereocenters. The summed E-state index contributed by atoms with van der Waals surface area (Å²) in [6, 6.07) is 0. The molecule has 1 saturated heterocycles. The van der Waals surface area contributed by atoms with Crippen LogP contribution >= 0.6 is 11.6 Å². The van der Waals surface area contributed by atoms with E-state index in [1.54, 1.807) is 0 Å². The Kier molecular flexibility index (Phi) is 6.03. The number of hydrogen-bond donors (Lipinski definition) is 0. The van der Waals surface area contributed by atoms with Crippen LogP contribution in [0, 0.1) is 0 Å². The minimum Gasteiger partial charge on any atom is -0.346 e. The van der Waals surface area contributed by atoms with Crippen molar-refractivity contribution in [1.29, 1.82) is 0 Å². The first-order chi connectivity index (χ1) is 7.72. The summed E-state index contributed by atoms with van der Waals surface area (Å²) in [5, 5.41) is 0. The van der Waals surface area contributed by atoms with E-state index in [2.05, 4.69) is 6.08 Å². The maximum absolute atomic E-state index is 10.2. The summed E-state index contributed by atoms with van der Waals surface area (Å²) in [7, 11) is 0. The van der Waals surface area contributed by atoms with Crippen molar-refractivity contribution >= 4 is 17.9 Å². The second-order valence-corrected chi connectivity index (χ2v) is 4.30. The molecule has 0 saturated carbocycles. The lowest BCUT2D eigenvalue weighted by Gasteiger charge is -2.24. The van der Waals surface area contributed by atoms with Crippen molar-refractivity contribution in [2.24, 2.45) is 0 Å². The smallest absolute Gasteiger partial charge is 0.182 e. The molecule has 16 heavy (non-hydrogen) atoms. The molecule has 1 aliphatic rings. The first kappa shape index (κ1) is 13.7. The highest BCUT2D eigenvalue weighted by Gasteiger charge is 2.34. The molecule has 1 aliphatic heterocycles. The van der Waals surface area contributed by atoms with Gasteiger partial charge in [0.05, 0.1) is 19.1 Å². The van der Waals surface area contributed by atoms with Gasteiger partial charge >= 0.3 is 0 Å². The molecule has 4 heteroatoms. The molecule has 92 valence electrons. The van der Waals surface area contributed by atoms with E-state index in [1.807, 2.05) is 6.92 Å². The van der Waals surface area contributed by atoms with Crippen LogP contribution in [-0.4, -0.2) is 31.2 Å². The summed E-state index contributed by atoms with van der Waals surface area (Å²) in [6.45, 7) is 3.29. The number of rotatable bonds is 7. The van der Waals surface area contributed by atoms with Crippen molar-refractivity contribution in [2.75, 3.05) is 19.1 Å². The van der Waals surface area contributed by atoms with Crippen LogP contribution in [0.25, 0.3) is 0 Å². The Bertz CT molecular complexity index is 245. The normalized spacial score (nSPS) is 20.0. The summed E-state index contributed by atoms with van der Waals surface area (Å²) in [6.07, 6.45) is 6.14. The van der Waals surface area contributed by atoms with E-state index in [0.717, 1.165) is 25.5 Å². The molecule has 0 aromatic carbocycles. The summed E-state index contributed by atoms with van der Waals surface area (Å²) in [5.41, 5.74) is 1.23. The van der Waals surface area contributed by atoms with Crippen molar-refractivity contribution in [3.63, 3.8) is 0 Å². The van der Waals surface area contributed by atoms with Gasteiger partial charge in [0.15, 0.2) is 5.79 Å². The Balaban J connectivity index is 2.29. The van der Waals surface area contributed by atoms with E-state index < -0.39 is 5.79 Å². The molecular weight excluding hydrogens is 228 g/mol. The topological polar surface area (TPSA) is 35.5 Å². The maximum atomic E-state index is 10.2. The van der Waals surface area contributed by atoms with Gasteiger partial charge in [0.2, 0.25) is 0 Å². The second-order valence-electron chi connectivity index (χ2n) is 4.04. The quantitative estimate of drug-likeness (QED) is 0.394. The number of hydrogen-bond acceptors (Lipinski definition) is 3. The Labute approximate surface area is 102 Å². The molecule has 0 aliphatic carbocycles. The van der Waals surface area contributed by atoms with Gasteiger partial charge in [-0.25, -0.2) is 0 Å². The fourth-order valence-corrected chi connectivity index (χ4v) is 2.00. The highest BCUT2D eigenvalue weighted by atomic mass is 35.5. The molecule has 0 atom stereocenters. The first-order valence-corrected chi connectivity index (χ1v) is 6.19. The largest absolute Gasteiger partial charge is 0.346 e. The zero-order chi connectivity index (χ0) is 11.9. The monoisotopic (exact) mass is 246 g/mol. The predicted molar refractivity (Wildman–Crippen MR) is 63.6 cm³/mol. The molecule has 3 nitrogen and oxygen atoms in total. The summed E-state index contributed by atoms with van der Waals surface area (Å²) in [5.74, 6) is -0.211. The third-order valence-corrected chi connectivity index (χ3v) is 3.10. The molecule has 0 N–H and O–H groups in total. The lowest BCUT2D eigenvalue weighted by Crippen LogP contribution is -2.31. The Morgan fingerprint density at radius 1 is 1.38 bits per heavy atom. The van der Waals surface area contributed by atoms with Crippen molar-refractivity contribution in [1.82, 2.24) is 0 Å². The predicted octanol–water partition coefficient (Wildman–Crippen LogP) is 2.67. The van der Waals surface area contributed by atoms with Crippen molar-refractivity contribution in [2.45, 2.75) is 38.4 Å². The molecule has 1 rings (SSSR count). The van der Waals surface area contributed by atoms with Gasteiger partial charge in [-0.15, -0.1) is 11.6 Å². The Hall–Kier alpha value is -0.380. The van der Waals surface area contributed by atoms with E-state index in [9.17, 15) is 4.79 Å².